The number of hydrogen-bond donors (Lipinski definition) is 1. The molecule has 1 N–H and O–H groups in total. The Morgan fingerprint density at radius 3 is 2.60 bits per heavy atom. The molecule has 0 fully saturated rings. The molecule has 1 aromatic rings. The van der Waals surface area contributed by atoms with Gasteiger partial charge >= 0.3 is 6.18 Å². The first-order chi connectivity index (χ1) is 9.40. The van der Waals surface area contributed by atoms with Crippen molar-refractivity contribution in [1.29, 1.82) is 0 Å². The Bertz CT molecular complexity index is 488. The molecule has 1 unspecified atom stereocenters. The Labute approximate surface area is 115 Å². The minimum atomic E-state index is -4.36. The maximum atomic E-state index is 12.4. The molecular formula is C14H17F3N2O. The molecule has 2 rings (SSSR count). The van der Waals surface area contributed by atoms with Gasteiger partial charge < -0.3 is 10.2 Å². The number of amides is 1. The molecule has 0 aromatic heterocycles. The molecule has 3 nitrogen and oxygen atoms in total. The van der Waals surface area contributed by atoms with Crippen LogP contribution in [0.3, 0.4) is 0 Å². The van der Waals surface area contributed by atoms with Crippen molar-refractivity contribution in [2.24, 2.45) is 0 Å². The Hall–Kier alpha value is -1.56. The van der Waals surface area contributed by atoms with Crippen molar-refractivity contribution in [1.82, 2.24) is 10.2 Å². The number of nitrogens with one attached hydrogen (secondary N) is 1. The normalized spacial score (nSPS) is 18.5. The van der Waals surface area contributed by atoms with Crippen LogP contribution in [0.2, 0.25) is 0 Å². The summed E-state index contributed by atoms with van der Waals surface area (Å²) in [5, 5.41) is 3.02. The smallest absolute Gasteiger partial charge is 0.333 e. The Kier molecular flexibility index (Phi) is 4.32. The second kappa shape index (κ2) is 5.83. The summed E-state index contributed by atoms with van der Waals surface area (Å²) in [5.41, 5.74) is 2.11. The van der Waals surface area contributed by atoms with Crippen LogP contribution in [0, 0.1) is 0 Å². The number of carbonyl (C=O) groups is 1. The number of benzene rings is 1. The molecule has 6 heteroatoms. The second-order valence-electron chi connectivity index (χ2n) is 4.87. The third kappa shape index (κ3) is 3.50. The van der Waals surface area contributed by atoms with Crippen molar-refractivity contribution < 1.29 is 18.0 Å². The summed E-state index contributed by atoms with van der Waals surface area (Å²) in [7, 11) is 0. The van der Waals surface area contributed by atoms with Gasteiger partial charge in [0.25, 0.3) is 0 Å². The van der Waals surface area contributed by atoms with E-state index in [-0.39, 0.29) is 6.54 Å². The predicted molar refractivity (Wildman–Crippen MR) is 69.1 cm³/mol. The van der Waals surface area contributed by atoms with Crippen molar-refractivity contribution >= 4 is 5.91 Å². The topological polar surface area (TPSA) is 32.3 Å². The Morgan fingerprint density at radius 1 is 1.35 bits per heavy atom. The van der Waals surface area contributed by atoms with Crippen molar-refractivity contribution in [2.45, 2.75) is 32.1 Å². The quantitative estimate of drug-likeness (QED) is 0.923. The molecule has 1 aliphatic rings. The maximum absolute atomic E-state index is 12.4. The van der Waals surface area contributed by atoms with E-state index in [1.165, 1.54) is 0 Å². The molecule has 1 aromatic carbocycles. The third-order valence-corrected chi connectivity index (χ3v) is 3.44. The number of hydrogen-bond acceptors (Lipinski definition) is 2. The fraction of sp³-hybridized carbons (Fsp3) is 0.500. The summed E-state index contributed by atoms with van der Waals surface area (Å²) in [4.78, 5) is 13.0. The molecule has 1 amide bonds. The second-order valence-corrected chi connectivity index (χ2v) is 4.87. The molecule has 0 spiro atoms. The van der Waals surface area contributed by atoms with Crippen LogP contribution in [0.4, 0.5) is 13.2 Å². The van der Waals surface area contributed by atoms with Crippen molar-refractivity contribution in [2.75, 3.05) is 13.1 Å². The van der Waals surface area contributed by atoms with E-state index in [1.54, 1.807) is 6.92 Å². The summed E-state index contributed by atoms with van der Waals surface area (Å²) in [5.74, 6) is -0.487. The minimum Gasteiger partial charge on any atom is -0.333 e. The number of likely N-dealkylation sites (N-methyl/N-ethyl adjacent to an activating group) is 1. The highest BCUT2D eigenvalue weighted by atomic mass is 19.4. The predicted octanol–water partition coefficient (Wildman–Crippen LogP) is 2.11. The minimum absolute atomic E-state index is 0.0537. The average molecular weight is 286 g/mol. The third-order valence-electron chi connectivity index (χ3n) is 3.44. The van der Waals surface area contributed by atoms with Crippen LogP contribution in [0.5, 0.6) is 0 Å². The van der Waals surface area contributed by atoms with Gasteiger partial charge in [-0.3, -0.25) is 4.79 Å². The van der Waals surface area contributed by atoms with E-state index < -0.39 is 24.7 Å². The molecule has 0 aliphatic carbocycles. The summed E-state index contributed by atoms with van der Waals surface area (Å²) in [6.07, 6.45) is -3.93. The Balaban J connectivity index is 2.07. The molecule has 1 atom stereocenters. The van der Waals surface area contributed by atoms with E-state index in [9.17, 15) is 18.0 Å². The van der Waals surface area contributed by atoms with Gasteiger partial charge in [0.15, 0.2) is 0 Å². The number of rotatable bonds is 3. The van der Waals surface area contributed by atoms with E-state index in [2.05, 4.69) is 5.32 Å². The summed E-state index contributed by atoms with van der Waals surface area (Å²) < 4.78 is 37.3. The first kappa shape index (κ1) is 14.8. The zero-order valence-electron chi connectivity index (χ0n) is 11.2. The monoisotopic (exact) mass is 286 g/mol. The van der Waals surface area contributed by atoms with Gasteiger partial charge in [0, 0.05) is 13.1 Å². The number of carbonyl (C=O) groups excluding carboxylic acids is 1. The SMILES string of the molecule is CCN(CC(F)(F)F)C(=O)C1Cc2ccccc2CN1. The largest absolute Gasteiger partial charge is 0.406 e. The number of alkyl halides is 3. The lowest BCUT2D eigenvalue weighted by atomic mass is 9.95. The van der Waals surface area contributed by atoms with Crippen LogP contribution in [0.25, 0.3) is 0 Å². The molecule has 0 radical (unpaired) electrons. The maximum Gasteiger partial charge on any atom is 0.406 e. The van der Waals surface area contributed by atoms with Crippen LogP contribution >= 0.6 is 0 Å². The van der Waals surface area contributed by atoms with Gasteiger partial charge in [0.05, 0.1) is 6.04 Å². The highest BCUT2D eigenvalue weighted by Crippen LogP contribution is 2.20. The molecule has 1 heterocycles. The van der Waals surface area contributed by atoms with Gasteiger partial charge in [0.2, 0.25) is 5.91 Å². The zero-order chi connectivity index (χ0) is 14.8. The van der Waals surface area contributed by atoms with E-state index in [0.717, 1.165) is 16.0 Å². The number of halogens is 3. The van der Waals surface area contributed by atoms with Gasteiger partial charge in [-0.1, -0.05) is 24.3 Å². The van der Waals surface area contributed by atoms with E-state index >= 15 is 0 Å². The molecule has 1 aliphatic heterocycles. The number of fused-ring (bicyclic) bond motifs is 1. The standard InChI is InChI=1S/C14H17F3N2O/c1-2-19(9-14(15,16)17)13(20)12-7-10-5-3-4-6-11(10)8-18-12/h3-6,12,18H,2,7-9H2,1H3. The summed E-state index contributed by atoms with van der Waals surface area (Å²) in [6, 6.07) is 7.07. The van der Waals surface area contributed by atoms with Crippen LogP contribution in [-0.2, 0) is 17.8 Å². The fourth-order valence-electron chi connectivity index (χ4n) is 2.41. The summed E-state index contributed by atoms with van der Waals surface area (Å²) in [6.45, 7) is 0.927. The molecular weight excluding hydrogens is 269 g/mol. The molecule has 0 saturated heterocycles. The van der Waals surface area contributed by atoms with Crippen molar-refractivity contribution in [3.63, 3.8) is 0 Å². The van der Waals surface area contributed by atoms with Crippen molar-refractivity contribution in [3.8, 4) is 0 Å². The zero-order valence-corrected chi connectivity index (χ0v) is 11.2. The summed E-state index contributed by atoms with van der Waals surface area (Å²) >= 11 is 0. The van der Waals surface area contributed by atoms with Gasteiger partial charge in [-0.05, 0) is 24.5 Å². The fourth-order valence-corrected chi connectivity index (χ4v) is 2.41. The lowest BCUT2D eigenvalue weighted by Crippen LogP contribution is -2.51. The molecule has 110 valence electrons. The lowest BCUT2D eigenvalue weighted by molar-refractivity contribution is -0.162. The van der Waals surface area contributed by atoms with Gasteiger partial charge in [-0.25, -0.2) is 0 Å². The van der Waals surface area contributed by atoms with Gasteiger partial charge in [-0.15, -0.1) is 0 Å². The first-order valence-electron chi connectivity index (χ1n) is 6.56. The molecule has 0 bridgehead atoms. The van der Waals surface area contributed by atoms with E-state index in [0.29, 0.717) is 13.0 Å². The van der Waals surface area contributed by atoms with Gasteiger partial charge in [-0.2, -0.15) is 13.2 Å². The Morgan fingerprint density at radius 2 is 2.00 bits per heavy atom. The molecule has 0 saturated carbocycles. The lowest BCUT2D eigenvalue weighted by Gasteiger charge is -2.30. The molecule has 20 heavy (non-hydrogen) atoms. The van der Waals surface area contributed by atoms with E-state index in [4.69, 9.17) is 0 Å². The van der Waals surface area contributed by atoms with Crippen LogP contribution in [0.15, 0.2) is 24.3 Å². The first-order valence-corrected chi connectivity index (χ1v) is 6.56. The van der Waals surface area contributed by atoms with Crippen LogP contribution < -0.4 is 5.32 Å². The van der Waals surface area contributed by atoms with Gasteiger partial charge in [0.1, 0.15) is 6.54 Å². The average Bonchev–Trinajstić information content (AvgIpc) is 2.42. The van der Waals surface area contributed by atoms with Crippen LogP contribution in [0.1, 0.15) is 18.1 Å². The highest BCUT2D eigenvalue weighted by Gasteiger charge is 2.35. The van der Waals surface area contributed by atoms with E-state index in [1.807, 2.05) is 24.3 Å². The number of nitrogens with zero attached hydrogens (tertiary/aromatic N) is 1. The highest BCUT2D eigenvalue weighted by molar-refractivity contribution is 5.82. The van der Waals surface area contributed by atoms with Crippen LogP contribution in [-0.4, -0.2) is 36.1 Å². The van der Waals surface area contributed by atoms with Crippen molar-refractivity contribution in [3.05, 3.63) is 35.4 Å².